The summed E-state index contributed by atoms with van der Waals surface area (Å²) < 4.78 is 6.12. The van der Waals surface area contributed by atoms with E-state index in [0.717, 1.165) is 18.8 Å². The lowest BCUT2D eigenvalue weighted by Crippen LogP contribution is -2.47. The second-order valence-electron chi connectivity index (χ2n) is 8.93. The highest BCUT2D eigenvalue weighted by molar-refractivity contribution is 5.72. The molecular formula is C19H32O2. The van der Waals surface area contributed by atoms with Gasteiger partial charge in [0, 0.05) is 5.92 Å². The highest BCUT2D eigenvalue weighted by atomic mass is 16.6. The van der Waals surface area contributed by atoms with Crippen LogP contribution >= 0.6 is 0 Å². The van der Waals surface area contributed by atoms with Crippen LogP contribution in [0.5, 0.6) is 0 Å². The minimum atomic E-state index is -0.237. The van der Waals surface area contributed by atoms with E-state index >= 15 is 0 Å². The van der Waals surface area contributed by atoms with Gasteiger partial charge in [0.25, 0.3) is 0 Å². The first-order valence-corrected chi connectivity index (χ1v) is 8.98. The monoisotopic (exact) mass is 292 g/mol. The molecule has 2 bridgehead atoms. The van der Waals surface area contributed by atoms with Crippen molar-refractivity contribution in [1.82, 2.24) is 0 Å². The molecule has 3 fully saturated rings. The number of rotatable bonds is 3. The van der Waals surface area contributed by atoms with Gasteiger partial charge in [-0.15, -0.1) is 0 Å². The van der Waals surface area contributed by atoms with Gasteiger partial charge in [0.05, 0.1) is 5.92 Å². The third-order valence-corrected chi connectivity index (χ3v) is 7.52. The first-order chi connectivity index (χ1) is 9.75. The predicted molar refractivity (Wildman–Crippen MR) is 84.8 cm³/mol. The molecule has 3 aliphatic carbocycles. The van der Waals surface area contributed by atoms with Crippen LogP contribution in [-0.4, -0.2) is 11.6 Å². The molecule has 21 heavy (non-hydrogen) atoms. The van der Waals surface area contributed by atoms with Gasteiger partial charge in [-0.05, 0) is 62.2 Å². The smallest absolute Gasteiger partial charge is 0.309 e. The predicted octanol–water partition coefficient (Wildman–Crippen LogP) is 4.96. The van der Waals surface area contributed by atoms with Crippen molar-refractivity contribution in [2.75, 3.05) is 0 Å². The molecule has 1 spiro atoms. The minimum absolute atomic E-state index is 0.0174. The molecule has 0 saturated heterocycles. The van der Waals surface area contributed by atoms with Gasteiger partial charge in [0.2, 0.25) is 0 Å². The van der Waals surface area contributed by atoms with Crippen molar-refractivity contribution >= 4 is 5.97 Å². The van der Waals surface area contributed by atoms with E-state index in [1.54, 1.807) is 0 Å². The number of hydrogen-bond acceptors (Lipinski definition) is 2. The van der Waals surface area contributed by atoms with E-state index in [2.05, 4.69) is 27.7 Å². The van der Waals surface area contributed by atoms with E-state index in [-0.39, 0.29) is 17.5 Å². The van der Waals surface area contributed by atoms with E-state index in [1.165, 1.54) is 32.1 Å². The maximum Gasteiger partial charge on any atom is 0.309 e. The lowest BCUT2D eigenvalue weighted by Gasteiger charge is -2.46. The van der Waals surface area contributed by atoms with Crippen LogP contribution in [-0.2, 0) is 9.53 Å². The summed E-state index contributed by atoms with van der Waals surface area (Å²) in [6, 6.07) is 0. The molecule has 2 nitrogen and oxygen atoms in total. The van der Waals surface area contributed by atoms with E-state index in [0.29, 0.717) is 16.7 Å². The standard InChI is InChI=1S/C19H32O2/c1-6-13(2)16(20)21-18(5)10-11-19-9-7-8-14(19)17(3,4)15(18)12-19/h13-15H,6-12H2,1-5H3/t13?,14?,15-,18-,19+/m1/s1. The van der Waals surface area contributed by atoms with Crippen molar-refractivity contribution in [3.05, 3.63) is 0 Å². The second kappa shape index (κ2) is 4.73. The number of hydrogen-bond donors (Lipinski definition) is 0. The number of carbonyl (C=O) groups is 1. The molecule has 0 N–H and O–H groups in total. The lowest BCUT2D eigenvalue weighted by molar-refractivity contribution is -0.177. The number of ether oxygens (including phenoxy) is 1. The zero-order valence-electron chi connectivity index (χ0n) is 14.5. The molecule has 0 aromatic carbocycles. The molecule has 3 aliphatic rings. The van der Waals surface area contributed by atoms with Crippen LogP contribution in [0.4, 0.5) is 0 Å². The summed E-state index contributed by atoms with van der Waals surface area (Å²) in [5.74, 6) is 1.43. The van der Waals surface area contributed by atoms with Crippen LogP contribution in [0.1, 0.15) is 79.6 Å². The molecule has 3 rings (SSSR count). The number of fused-ring (bicyclic) bond motifs is 1. The average Bonchev–Trinajstić information content (AvgIpc) is 2.92. The van der Waals surface area contributed by atoms with Crippen molar-refractivity contribution < 1.29 is 9.53 Å². The Balaban J connectivity index is 1.85. The van der Waals surface area contributed by atoms with Crippen molar-refractivity contribution in [3.63, 3.8) is 0 Å². The third kappa shape index (κ3) is 2.08. The minimum Gasteiger partial charge on any atom is -0.459 e. The summed E-state index contributed by atoms with van der Waals surface area (Å²) in [5.41, 5.74) is 0.660. The molecule has 0 radical (unpaired) electrons. The molecule has 120 valence electrons. The van der Waals surface area contributed by atoms with Gasteiger partial charge in [0.1, 0.15) is 5.60 Å². The van der Waals surface area contributed by atoms with Crippen LogP contribution in [0.2, 0.25) is 0 Å². The molecule has 0 heterocycles. The second-order valence-corrected chi connectivity index (χ2v) is 8.93. The maximum absolute atomic E-state index is 12.4. The van der Waals surface area contributed by atoms with E-state index < -0.39 is 0 Å². The Bertz CT molecular complexity index is 441. The van der Waals surface area contributed by atoms with Crippen molar-refractivity contribution in [1.29, 1.82) is 0 Å². The largest absolute Gasteiger partial charge is 0.459 e. The summed E-state index contributed by atoms with van der Waals surface area (Å²) in [5, 5.41) is 0. The van der Waals surface area contributed by atoms with Gasteiger partial charge >= 0.3 is 5.97 Å². The van der Waals surface area contributed by atoms with Gasteiger partial charge in [-0.3, -0.25) is 4.79 Å². The van der Waals surface area contributed by atoms with Gasteiger partial charge in [-0.2, -0.15) is 0 Å². The van der Waals surface area contributed by atoms with E-state index in [4.69, 9.17) is 4.74 Å². The molecule has 3 saturated carbocycles. The lowest BCUT2D eigenvalue weighted by atomic mass is 9.66. The Labute approximate surface area is 130 Å². The molecule has 0 amide bonds. The van der Waals surface area contributed by atoms with Gasteiger partial charge in [-0.25, -0.2) is 0 Å². The van der Waals surface area contributed by atoms with Crippen LogP contribution in [0.15, 0.2) is 0 Å². The first kappa shape index (κ1) is 15.4. The maximum atomic E-state index is 12.4. The summed E-state index contributed by atoms with van der Waals surface area (Å²) in [6.07, 6.45) is 8.70. The number of esters is 1. The van der Waals surface area contributed by atoms with Gasteiger partial charge in [-0.1, -0.05) is 34.1 Å². The SMILES string of the molecule is CCC(C)C(=O)O[C@]1(C)CC[C@]23CCCC2C(C)(C)[C@H]1C3. The fraction of sp³-hybridized carbons (Fsp3) is 0.947. The van der Waals surface area contributed by atoms with Crippen LogP contribution in [0.3, 0.4) is 0 Å². The zero-order chi connectivity index (χ0) is 15.5. The first-order valence-electron chi connectivity index (χ1n) is 8.98. The fourth-order valence-corrected chi connectivity index (χ4v) is 6.15. The average molecular weight is 292 g/mol. The Morgan fingerprint density at radius 1 is 1.19 bits per heavy atom. The summed E-state index contributed by atoms with van der Waals surface area (Å²) in [6.45, 7) is 11.2. The van der Waals surface area contributed by atoms with Gasteiger partial charge < -0.3 is 4.74 Å². The molecule has 0 aromatic rings. The van der Waals surface area contributed by atoms with Crippen LogP contribution < -0.4 is 0 Å². The molecule has 0 aliphatic heterocycles. The van der Waals surface area contributed by atoms with E-state index in [9.17, 15) is 4.79 Å². The highest BCUT2D eigenvalue weighted by Crippen LogP contribution is 2.72. The van der Waals surface area contributed by atoms with Gasteiger partial charge in [0.15, 0.2) is 0 Å². The molecule has 2 unspecified atom stereocenters. The summed E-state index contributed by atoms with van der Waals surface area (Å²) in [4.78, 5) is 12.4. The van der Waals surface area contributed by atoms with Crippen LogP contribution in [0.25, 0.3) is 0 Å². The molecule has 5 atom stereocenters. The topological polar surface area (TPSA) is 26.3 Å². The highest BCUT2D eigenvalue weighted by Gasteiger charge is 2.67. The Hall–Kier alpha value is -0.530. The molecular weight excluding hydrogens is 260 g/mol. The number of carbonyl (C=O) groups excluding carboxylic acids is 1. The summed E-state index contributed by atoms with van der Waals surface area (Å²) in [7, 11) is 0. The summed E-state index contributed by atoms with van der Waals surface area (Å²) >= 11 is 0. The van der Waals surface area contributed by atoms with E-state index in [1.807, 2.05) is 6.92 Å². The van der Waals surface area contributed by atoms with Crippen molar-refractivity contribution in [2.24, 2.45) is 28.6 Å². The third-order valence-electron chi connectivity index (χ3n) is 7.52. The molecule has 0 aromatic heterocycles. The normalized spacial score (nSPS) is 45.2. The molecule has 2 heteroatoms. The fourth-order valence-electron chi connectivity index (χ4n) is 6.15. The Morgan fingerprint density at radius 2 is 1.90 bits per heavy atom. The Kier molecular flexibility index (Phi) is 3.46. The van der Waals surface area contributed by atoms with Crippen LogP contribution in [0, 0.1) is 28.6 Å². The zero-order valence-corrected chi connectivity index (χ0v) is 14.5. The quantitative estimate of drug-likeness (QED) is 0.687. The Morgan fingerprint density at radius 3 is 2.57 bits per heavy atom. The van der Waals surface area contributed by atoms with Crippen molar-refractivity contribution in [2.45, 2.75) is 85.2 Å². The van der Waals surface area contributed by atoms with Crippen molar-refractivity contribution in [3.8, 4) is 0 Å².